The lowest BCUT2D eigenvalue weighted by atomic mass is 9.94. The summed E-state index contributed by atoms with van der Waals surface area (Å²) in [5, 5.41) is 11.0. The fourth-order valence-corrected chi connectivity index (χ4v) is 5.78. The lowest BCUT2D eigenvalue weighted by Gasteiger charge is -2.31. The van der Waals surface area contributed by atoms with Gasteiger partial charge in [0.2, 0.25) is 5.91 Å². The Hall–Kier alpha value is -2.32. The highest BCUT2D eigenvalue weighted by molar-refractivity contribution is 7.99. The molecule has 0 radical (unpaired) electrons. The Kier molecular flexibility index (Phi) is 6.50. The van der Waals surface area contributed by atoms with Crippen molar-refractivity contribution >= 4 is 28.6 Å². The molecule has 2 fully saturated rings. The zero-order chi connectivity index (χ0) is 21.9. The van der Waals surface area contributed by atoms with Crippen LogP contribution in [0.3, 0.4) is 0 Å². The van der Waals surface area contributed by atoms with Crippen LogP contribution in [0.5, 0.6) is 0 Å². The molecule has 0 bridgehead atoms. The van der Waals surface area contributed by atoms with Gasteiger partial charge in [0, 0.05) is 42.4 Å². The standard InChI is InChI=1S/C24H31N5O2S/c1-28(17-8-3-2-4-9-17)22(30)16-32-24-27-26-23(29(24)15-18-10-7-13-31-18)20-14-25-21-12-6-5-11-19(20)21/h5-6,11-12,14,17-18,25H,2-4,7-10,13,15-16H2,1H3. The van der Waals surface area contributed by atoms with Crippen LogP contribution in [0, 0.1) is 0 Å². The highest BCUT2D eigenvalue weighted by Crippen LogP contribution is 2.31. The molecule has 8 heteroatoms. The Morgan fingerprint density at radius 1 is 1.19 bits per heavy atom. The van der Waals surface area contributed by atoms with Crippen LogP contribution in [0.4, 0.5) is 0 Å². The first-order chi connectivity index (χ1) is 15.7. The average Bonchev–Trinajstić information content (AvgIpc) is 3.58. The van der Waals surface area contributed by atoms with Gasteiger partial charge in [0.15, 0.2) is 11.0 Å². The number of benzene rings is 1. The molecule has 2 aromatic heterocycles. The van der Waals surface area contributed by atoms with Gasteiger partial charge in [0.25, 0.3) is 0 Å². The molecule has 1 aliphatic carbocycles. The maximum Gasteiger partial charge on any atom is 0.233 e. The van der Waals surface area contributed by atoms with Crippen molar-refractivity contribution < 1.29 is 9.53 Å². The monoisotopic (exact) mass is 453 g/mol. The van der Waals surface area contributed by atoms with Crippen molar-refractivity contribution in [2.75, 3.05) is 19.4 Å². The van der Waals surface area contributed by atoms with E-state index in [1.165, 1.54) is 31.0 Å². The molecule has 1 unspecified atom stereocenters. The van der Waals surface area contributed by atoms with E-state index in [1.807, 2.05) is 30.3 Å². The first-order valence-corrected chi connectivity index (χ1v) is 12.7. The highest BCUT2D eigenvalue weighted by Gasteiger charge is 2.25. The van der Waals surface area contributed by atoms with Gasteiger partial charge in [-0.2, -0.15) is 0 Å². The number of carbonyl (C=O) groups excluding carboxylic acids is 1. The van der Waals surface area contributed by atoms with Crippen LogP contribution in [0.15, 0.2) is 35.6 Å². The van der Waals surface area contributed by atoms with Crippen molar-refractivity contribution in [2.24, 2.45) is 0 Å². The Morgan fingerprint density at radius 2 is 2.03 bits per heavy atom. The molecule has 1 saturated heterocycles. The zero-order valence-corrected chi connectivity index (χ0v) is 19.4. The van der Waals surface area contributed by atoms with Gasteiger partial charge in [-0.05, 0) is 31.7 Å². The second-order valence-electron chi connectivity index (χ2n) is 8.88. The van der Waals surface area contributed by atoms with Crippen LogP contribution in [-0.4, -0.2) is 62.1 Å². The Balaban J connectivity index is 1.37. The molecule has 1 atom stereocenters. The van der Waals surface area contributed by atoms with E-state index in [2.05, 4.69) is 31.9 Å². The summed E-state index contributed by atoms with van der Waals surface area (Å²) < 4.78 is 8.06. The summed E-state index contributed by atoms with van der Waals surface area (Å²) in [6, 6.07) is 8.60. The third-order valence-corrected chi connectivity index (χ3v) is 7.75. The highest BCUT2D eigenvalue weighted by atomic mass is 32.2. The van der Waals surface area contributed by atoms with E-state index in [-0.39, 0.29) is 12.0 Å². The van der Waals surface area contributed by atoms with E-state index in [0.29, 0.717) is 18.3 Å². The van der Waals surface area contributed by atoms with Crippen molar-refractivity contribution in [1.29, 1.82) is 0 Å². The molecule has 5 rings (SSSR count). The predicted molar refractivity (Wildman–Crippen MR) is 127 cm³/mol. The summed E-state index contributed by atoms with van der Waals surface area (Å²) in [7, 11) is 1.95. The number of hydrogen-bond acceptors (Lipinski definition) is 5. The quantitative estimate of drug-likeness (QED) is 0.534. The topological polar surface area (TPSA) is 76.0 Å². The fraction of sp³-hybridized carbons (Fsp3) is 0.542. The molecule has 1 amide bonds. The zero-order valence-electron chi connectivity index (χ0n) is 18.6. The number of H-pyrrole nitrogens is 1. The minimum atomic E-state index is 0.162. The van der Waals surface area contributed by atoms with Gasteiger partial charge in [-0.15, -0.1) is 10.2 Å². The van der Waals surface area contributed by atoms with Crippen molar-refractivity contribution in [3.63, 3.8) is 0 Å². The maximum atomic E-state index is 12.9. The van der Waals surface area contributed by atoms with Crippen LogP contribution < -0.4 is 0 Å². The molecule has 1 saturated carbocycles. The summed E-state index contributed by atoms with van der Waals surface area (Å²) in [5.41, 5.74) is 2.11. The molecule has 1 aromatic carbocycles. The number of para-hydroxylation sites is 1. The summed E-state index contributed by atoms with van der Waals surface area (Å²) in [5.74, 6) is 1.38. The van der Waals surface area contributed by atoms with Crippen molar-refractivity contribution in [3.8, 4) is 11.4 Å². The first kappa shape index (κ1) is 21.5. The molecule has 1 aliphatic heterocycles. The van der Waals surface area contributed by atoms with Crippen LogP contribution in [0.2, 0.25) is 0 Å². The molecule has 7 nitrogen and oxygen atoms in total. The first-order valence-electron chi connectivity index (χ1n) is 11.7. The smallest absolute Gasteiger partial charge is 0.233 e. The number of amides is 1. The lowest BCUT2D eigenvalue weighted by Crippen LogP contribution is -2.39. The fourth-order valence-electron chi connectivity index (χ4n) is 4.91. The molecular weight excluding hydrogens is 422 g/mol. The molecular formula is C24H31N5O2S. The van der Waals surface area contributed by atoms with E-state index in [1.54, 1.807) is 0 Å². The lowest BCUT2D eigenvalue weighted by molar-refractivity contribution is -0.129. The number of aromatic amines is 1. The number of fused-ring (bicyclic) bond motifs is 1. The number of thioether (sulfide) groups is 1. The van der Waals surface area contributed by atoms with Gasteiger partial charge in [0.1, 0.15) is 0 Å². The Labute approximate surface area is 192 Å². The van der Waals surface area contributed by atoms with Crippen LogP contribution in [-0.2, 0) is 16.1 Å². The Bertz CT molecular complexity index is 1070. The van der Waals surface area contributed by atoms with Crippen LogP contribution in [0.25, 0.3) is 22.3 Å². The largest absolute Gasteiger partial charge is 0.376 e. The molecule has 1 N–H and O–H groups in total. The van der Waals surface area contributed by atoms with Crippen LogP contribution in [0.1, 0.15) is 44.9 Å². The van der Waals surface area contributed by atoms with E-state index in [9.17, 15) is 4.79 Å². The van der Waals surface area contributed by atoms with Crippen molar-refractivity contribution in [1.82, 2.24) is 24.6 Å². The number of nitrogens with one attached hydrogen (secondary N) is 1. The van der Waals surface area contributed by atoms with Gasteiger partial charge >= 0.3 is 0 Å². The minimum Gasteiger partial charge on any atom is -0.376 e. The molecule has 3 heterocycles. The van der Waals surface area contributed by atoms with E-state index in [0.717, 1.165) is 59.7 Å². The SMILES string of the molecule is CN(C(=O)CSc1nnc(-c2c[nH]c3ccccc23)n1CC1CCCO1)C1CCCCC1. The van der Waals surface area contributed by atoms with Gasteiger partial charge in [-0.3, -0.25) is 9.36 Å². The minimum absolute atomic E-state index is 0.162. The van der Waals surface area contributed by atoms with Crippen molar-refractivity contribution in [2.45, 2.75) is 68.8 Å². The molecule has 2 aliphatic rings. The second kappa shape index (κ2) is 9.67. The van der Waals surface area contributed by atoms with Gasteiger partial charge < -0.3 is 14.6 Å². The molecule has 170 valence electrons. The normalized spacial score (nSPS) is 19.6. The van der Waals surface area contributed by atoms with E-state index in [4.69, 9.17) is 4.74 Å². The molecule has 0 spiro atoms. The summed E-state index contributed by atoms with van der Waals surface area (Å²) in [6.45, 7) is 1.51. The summed E-state index contributed by atoms with van der Waals surface area (Å²) in [6.07, 6.45) is 10.3. The third-order valence-electron chi connectivity index (χ3n) is 6.80. The van der Waals surface area contributed by atoms with Crippen LogP contribution >= 0.6 is 11.8 Å². The number of aromatic nitrogens is 4. The number of nitrogens with zero attached hydrogens (tertiary/aromatic N) is 4. The molecule has 32 heavy (non-hydrogen) atoms. The van der Waals surface area contributed by atoms with Gasteiger partial charge in [-0.25, -0.2) is 0 Å². The Morgan fingerprint density at radius 3 is 2.84 bits per heavy atom. The van der Waals surface area contributed by atoms with E-state index < -0.39 is 0 Å². The number of rotatable bonds is 7. The average molecular weight is 454 g/mol. The third kappa shape index (κ3) is 4.43. The number of carbonyl (C=O) groups is 1. The number of hydrogen-bond donors (Lipinski definition) is 1. The number of ether oxygens (including phenoxy) is 1. The summed E-state index contributed by atoms with van der Waals surface area (Å²) >= 11 is 1.49. The predicted octanol–water partition coefficient (Wildman–Crippen LogP) is 4.49. The molecule has 3 aromatic rings. The van der Waals surface area contributed by atoms with Crippen molar-refractivity contribution in [3.05, 3.63) is 30.5 Å². The summed E-state index contributed by atoms with van der Waals surface area (Å²) in [4.78, 5) is 18.2. The van der Waals surface area contributed by atoms with Gasteiger partial charge in [-0.1, -0.05) is 49.2 Å². The van der Waals surface area contributed by atoms with Gasteiger partial charge in [0.05, 0.1) is 18.4 Å². The van der Waals surface area contributed by atoms with E-state index >= 15 is 0 Å². The second-order valence-corrected chi connectivity index (χ2v) is 9.83. The maximum absolute atomic E-state index is 12.9.